The zero-order valence-electron chi connectivity index (χ0n) is 13.8. The monoisotopic (exact) mass is 391 g/mol. The lowest BCUT2D eigenvalue weighted by Gasteiger charge is -2.11. The maximum Gasteiger partial charge on any atom is 0.264 e. The Labute approximate surface area is 161 Å². The van der Waals surface area contributed by atoms with Gasteiger partial charge in [-0.05, 0) is 48.5 Å². The van der Waals surface area contributed by atoms with E-state index in [0.29, 0.717) is 23.6 Å². The number of halogens is 1. The van der Waals surface area contributed by atoms with Crippen LogP contribution in [0.25, 0.3) is 0 Å². The van der Waals surface area contributed by atoms with Crippen LogP contribution in [0.1, 0.15) is 12.0 Å². The highest BCUT2D eigenvalue weighted by molar-refractivity contribution is 7.80. The van der Waals surface area contributed by atoms with Crippen LogP contribution in [-0.2, 0) is 16.0 Å². The van der Waals surface area contributed by atoms with Crippen LogP contribution >= 0.6 is 23.8 Å². The van der Waals surface area contributed by atoms with Gasteiger partial charge < -0.3 is 4.74 Å². The summed E-state index contributed by atoms with van der Waals surface area (Å²) in [6, 6.07) is 16.3. The Morgan fingerprint density at radius 2 is 1.65 bits per heavy atom. The number of rotatable bonds is 6. The Bertz CT molecular complexity index is 754. The lowest BCUT2D eigenvalue weighted by Crippen LogP contribution is -2.49. The van der Waals surface area contributed by atoms with E-state index >= 15 is 0 Å². The number of nitrogens with one attached hydrogen (secondary N) is 3. The van der Waals surface area contributed by atoms with Crippen LogP contribution in [0.5, 0.6) is 5.75 Å². The fourth-order valence-electron chi connectivity index (χ4n) is 1.97. The summed E-state index contributed by atoms with van der Waals surface area (Å²) in [7, 11) is 0. The third-order valence-corrected chi connectivity index (χ3v) is 3.69. The number of ether oxygens (including phenoxy) is 1. The van der Waals surface area contributed by atoms with Crippen molar-refractivity contribution in [3.8, 4) is 5.75 Å². The van der Waals surface area contributed by atoms with E-state index in [9.17, 15) is 9.59 Å². The fourth-order valence-corrected chi connectivity index (χ4v) is 2.26. The van der Waals surface area contributed by atoms with Gasteiger partial charge in [-0.15, -0.1) is 0 Å². The van der Waals surface area contributed by atoms with Crippen molar-refractivity contribution in [1.82, 2.24) is 16.2 Å². The van der Waals surface area contributed by atoms with Crippen LogP contribution < -0.4 is 20.9 Å². The predicted octanol–water partition coefficient (Wildman–Crippen LogP) is 2.37. The first-order chi connectivity index (χ1) is 12.5. The minimum atomic E-state index is -0.448. The van der Waals surface area contributed by atoms with Gasteiger partial charge in [-0.1, -0.05) is 41.9 Å². The third kappa shape index (κ3) is 7.50. The van der Waals surface area contributed by atoms with Gasteiger partial charge in [-0.25, -0.2) is 0 Å². The second kappa shape index (κ2) is 10.4. The van der Waals surface area contributed by atoms with Gasteiger partial charge in [0.25, 0.3) is 5.91 Å². The highest BCUT2D eigenvalue weighted by Gasteiger charge is 2.07. The van der Waals surface area contributed by atoms with E-state index in [2.05, 4.69) is 16.2 Å². The van der Waals surface area contributed by atoms with Gasteiger partial charge >= 0.3 is 0 Å². The first kappa shape index (κ1) is 19.7. The number of aryl methyl sites for hydroxylation is 1. The van der Waals surface area contributed by atoms with Gasteiger partial charge in [-0.3, -0.25) is 25.8 Å². The zero-order valence-corrected chi connectivity index (χ0v) is 15.4. The molecule has 3 N–H and O–H groups in total. The van der Waals surface area contributed by atoms with Gasteiger partial charge in [0.15, 0.2) is 11.7 Å². The topological polar surface area (TPSA) is 79.5 Å². The van der Waals surface area contributed by atoms with Gasteiger partial charge in [0.1, 0.15) is 5.75 Å². The van der Waals surface area contributed by atoms with Gasteiger partial charge in [0.2, 0.25) is 5.91 Å². The maximum atomic E-state index is 11.8. The van der Waals surface area contributed by atoms with Crippen molar-refractivity contribution in [3.63, 3.8) is 0 Å². The molecule has 0 atom stereocenters. The SMILES string of the molecule is O=C(CCc1ccccc1)NNC(=S)NC(=O)COc1ccc(Cl)cc1. The number of thiocarbonyl (C=S) groups is 1. The Morgan fingerprint density at radius 1 is 0.962 bits per heavy atom. The zero-order chi connectivity index (χ0) is 18.8. The van der Waals surface area contributed by atoms with Gasteiger partial charge in [0.05, 0.1) is 0 Å². The predicted molar refractivity (Wildman–Crippen MR) is 104 cm³/mol. The molecule has 2 rings (SSSR count). The molecule has 0 unspecified atom stereocenters. The molecule has 2 aromatic rings. The molecule has 0 spiro atoms. The van der Waals surface area contributed by atoms with Crippen molar-refractivity contribution in [2.24, 2.45) is 0 Å². The average molecular weight is 392 g/mol. The van der Waals surface area contributed by atoms with Crippen LogP contribution in [0.15, 0.2) is 54.6 Å². The lowest BCUT2D eigenvalue weighted by atomic mass is 10.1. The van der Waals surface area contributed by atoms with Gasteiger partial charge in [0, 0.05) is 11.4 Å². The molecule has 6 nitrogen and oxygen atoms in total. The molecule has 136 valence electrons. The normalized spacial score (nSPS) is 9.88. The average Bonchev–Trinajstić information content (AvgIpc) is 2.65. The molecule has 0 aromatic heterocycles. The molecule has 0 radical (unpaired) electrons. The number of benzene rings is 2. The minimum Gasteiger partial charge on any atom is -0.484 e. The van der Waals surface area contributed by atoms with Gasteiger partial charge in [-0.2, -0.15) is 0 Å². The number of hydrogen-bond acceptors (Lipinski definition) is 4. The number of carbonyl (C=O) groups is 2. The molecule has 0 aliphatic rings. The Hall–Kier alpha value is -2.64. The van der Waals surface area contributed by atoms with E-state index in [1.54, 1.807) is 24.3 Å². The molecule has 0 bridgehead atoms. The molecule has 0 aliphatic carbocycles. The van der Waals surface area contributed by atoms with Crippen LogP contribution in [0.2, 0.25) is 5.02 Å². The van der Waals surface area contributed by atoms with Crippen molar-refractivity contribution in [3.05, 3.63) is 65.2 Å². The molecule has 0 heterocycles. The van der Waals surface area contributed by atoms with Crippen LogP contribution in [0, 0.1) is 0 Å². The Balaban J connectivity index is 1.62. The van der Waals surface area contributed by atoms with Crippen molar-refractivity contribution >= 4 is 40.7 Å². The molecule has 26 heavy (non-hydrogen) atoms. The summed E-state index contributed by atoms with van der Waals surface area (Å²) in [4.78, 5) is 23.5. The highest BCUT2D eigenvalue weighted by atomic mass is 35.5. The Kier molecular flexibility index (Phi) is 7.85. The van der Waals surface area contributed by atoms with Crippen LogP contribution in [0.4, 0.5) is 0 Å². The molecular formula is C18H18ClN3O3S. The lowest BCUT2D eigenvalue weighted by molar-refractivity contribution is -0.123. The first-order valence-corrected chi connectivity index (χ1v) is 8.62. The fraction of sp³-hybridized carbons (Fsp3) is 0.167. The number of hydrazine groups is 1. The summed E-state index contributed by atoms with van der Waals surface area (Å²) in [6.07, 6.45) is 0.912. The van der Waals surface area contributed by atoms with Crippen molar-refractivity contribution in [2.75, 3.05) is 6.61 Å². The van der Waals surface area contributed by atoms with Crippen molar-refractivity contribution in [1.29, 1.82) is 0 Å². The van der Waals surface area contributed by atoms with E-state index in [1.165, 1.54) is 0 Å². The first-order valence-electron chi connectivity index (χ1n) is 7.84. The standard InChI is InChI=1S/C18H18ClN3O3S/c19-14-7-9-15(10-8-14)25-12-17(24)20-18(26)22-21-16(23)11-6-13-4-2-1-3-5-13/h1-5,7-10H,6,11-12H2,(H,21,23)(H2,20,22,24,26). The number of amides is 2. The summed E-state index contributed by atoms with van der Waals surface area (Å²) >= 11 is 10.7. The molecule has 0 saturated carbocycles. The quantitative estimate of drug-likeness (QED) is 0.520. The van der Waals surface area contributed by atoms with E-state index in [1.807, 2.05) is 30.3 Å². The largest absolute Gasteiger partial charge is 0.484 e. The maximum absolute atomic E-state index is 11.8. The smallest absolute Gasteiger partial charge is 0.264 e. The summed E-state index contributed by atoms with van der Waals surface area (Å²) in [6.45, 7) is -0.217. The van der Waals surface area contributed by atoms with E-state index in [4.69, 9.17) is 28.6 Å². The minimum absolute atomic E-state index is 0.0113. The third-order valence-electron chi connectivity index (χ3n) is 3.24. The molecule has 2 aromatic carbocycles. The van der Waals surface area contributed by atoms with E-state index in [-0.39, 0.29) is 17.6 Å². The second-order valence-electron chi connectivity index (χ2n) is 5.28. The molecule has 2 amide bonds. The molecular weight excluding hydrogens is 374 g/mol. The molecule has 8 heteroatoms. The summed E-state index contributed by atoms with van der Waals surface area (Å²) in [5, 5.41) is 2.97. The summed E-state index contributed by atoms with van der Waals surface area (Å²) < 4.78 is 5.29. The van der Waals surface area contributed by atoms with Crippen molar-refractivity contribution < 1.29 is 14.3 Å². The van der Waals surface area contributed by atoms with Crippen LogP contribution in [0.3, 0.4) is 0 Å². The molecule has 0 aliphatic heterocycles. The highest BCUT2D eigenvalue weighted by Crippen LogP contribution is 2.15. The second-order valence-corrected chi connectivity index (χ2v) is 6.12. The number of hydrogen-bond donors (Lipinski definition) is 3. The number of carbonyl (C=O) groups excluding carboxylic acids is 2. The summed E-state index contributed by atoms with van der Waals surface area (Å²) in [5.74, 6) is -0.170. The van der Waals surface area contributed by atoms with E-state index < -0.39 is 5.91 Å². The van der Waals surface area contributed by atoms with E-state index in [0.717, 1.165) is 5.56 Å². The van der Waals surface area contributed by atoms with Crippen LogP contribution in [-0.4, -0.2) is 23.5 Å². The van der Waals surface area contributed by atoms with Crippen molar-refractivity contribution in [2.45, 2.75) is 12.8 Å². The Morgan fingerprint density at radius 3 is 2.35 bits per heavy atom. The molecule has 0 saturated heterocycles. The summed E-state index contributed by atoms with van der Waals surface area (Å²) in [5.41, 5.74) is 5.99. The molecule has 0 fully saturated rings.